The Labute approximate surface area is 123 Å². The van der Waals surface area contributed by atoms with E-state index in [9.17, 15) is 5.26 Å². The molecule has 0 spiro atoms. The lowest BCUT2D eigenvalue weighted by atomic mass is 9.93. The van der Waals surface area contributed by atoms with Gasteiger partial charge in [-0.2, -0.15) is 5.26 Å². The lowest BCUT2D eigenvalue weighted by Gasteiger charge is -2.35. The van der Waals surface area contributed by atoms with E-state index in [0.717, 1.165) is 32.2 Å². The van der Waals surface area contributed by atoms with Crippen LogP contribution in [-0.2, 0) is 0 Å². The third-order valence-electron chi connectivity index (χ3n) is 5.67. The zero-order valence-corrected chi connectivity index (χ0v) is 12.9. The van der Waals surface area contributed by atoms with E-state index < -0.39 is 0 Å². The molecule has 3 aliphatic rings. The van der Waals surface area contributed by atoms with Gasteiger partial charge in [-0.3, -0.25) is 15.1 Å². The Kier molecular flexibility index (Phi) is 4.03. The van der Waals surface area contributed by atoms with E-state index in [-0.39, 0.29) is 5.54 Å². The van der Waals surface area contributed by atoms with Crippen LogP contribution in [0.2, 0.25) is 0 Å². The van der Waals surface area contributed by atoms with Crippen LogP contribution in [-0.4, -0.2) is 60.6 Å². The summed E-state index contributed by atoms with van der Waals surface area (Å²) in [6.07, 6.45) is 6.42. The Bertz CT molecular complexity index is 386. The van der Waals surface area contributed by atoms with Crippen molar-refractivity contribution in [2.45, 2.75) is 56.7 Å². The first-order chi connectivity index (χ1) is 9.68. The largest absolute Gasteiger partial charge is 0.299 e. The SMILES string of the molecule is CCNC(C#N)(CN1CCC2CCC(C1)N2C)C1CC1. The van der Waals surface area contributed by atoms with Crippen molar-refractivity contribution in [3.63, 3.8) is 0 Å². The lowest BCUT2D eigenvalue weighted by molar-refractivity contribution is 0.176. The summed E-state index contributed by atoms with van der Waals surface area (Å²) in [7, 11) is 2.29. The molecule has 1 aliphatic carbocycles. The van der Waals surface area contributed by atoms with Crippen LogP contribution >= 0.6 is 0 Å². The van der Waals surface area contributed by atoms with E-state index in [4.69, 9.17) is 0 Å². The number of nitrogens with zero attached hydrogens (tertiary/aromatic N) is 3. The van der Waals surface area contributed by atoms with Gasteiger partial charge in [0.25, 0.3) is 0 Å². The summed E-state index contributed by atoms with van der Waals surface area (Å²) in [5.74, 6) is 0.575. The number of fused-ring (bicyclic) bond motifs is 2. The van der Waals surface area contributed by atoms with Gasteiger partial charge < -0.3 is 0 Å². The highest BCUT2D eigenvalue weighted by Gasteiger charge is 2.47. The minimum atomic E-state index is -0.295. The predicted molar refractivity (Wildman–Crippen MR) is 80.4 cm³/mol. The standard InChI is InChI=1S/C16H28N4/c1-3-18-16(11-17,13-4-5-13)12-20-9-8-14-6-7-15(10-20)19(14)2/h13-15,18H,3-10,12H2,1-2H3. The normalized spacial score (nSPS) is 34.5. The molecular weight excluding hydrogens is 248 g/mol. The van der Waals surface area contributed by atoms with Crippen molar-refractivity contribution >= 4 is 0 Å². The first-order valence-corrected chi connectivity index (χ1v) is 8.29. The smallest absolute Gasteiger partial charge is 0.122 e. The summed E-state index contributed by atoms with van der Waals surface area (Å²) in [6.45, 7) is 6.23. The summed E-state index contributed by atoms with van der Waals surface area (Å²) in [4.78, 5) is 5.14. The van der Waals surface area contributed by atoms with Crippen molar-refractivity contribution in [3.05, 3.63) is 0 Å². The highest BCUT2D eigenvalue weighted by Crippen LogP contribution is 2.40. The van der Waals surface area contributed by atoms with Gasteiger partial charge in [0.2, 0.25) is 0 Å². The molecule has 1 saturated carbocycles. The fourth-order valence-electron chi connectivity index (χ4n) is 4.26. The van der Waals surface area contributed by atoms with Gasteiger partial charge in [0.15, 0.2) is 0 Å². The second-order valence-corrected chi connectivity index (χ2v) is 6.96. The molecule has 20 heavy (non-hydrogen) atoms. The second-order valence-electron chi connectivity index (χ2n) is 6.96. The maximum absolute atomic E-state index is 9.75. The molecular formula is C16H28N4. The molecule has 2 bridgehead atoms. The van der Waals surface area contributed by atoms with Crippen LogP contribution in [0.4, 0.5) is 0 Å². The molecule has 0 aromatic rings. The molecule has 1 N–H and O–H groups in total. The number of likely N-dealkylation sites (N-methyl/N-ethyl adjacent to an activating group) is 2. The van der Waals surface area contributed by atoms with Crippen molar-refractivity contribution in [2.75, 3.05) is 33.2 Å². The van der Waals surface area contributed by atoms with Gasteiger partial charge in [-0.25, -0.2) is 0 Å². The zero-order chi connectivity index (χ0) is 14.2. The number of nitrogens with one attached hydrogen (secondary N) is 1. The molecule has 3 rings (SSSR count). The van der Waals surface area contributed by atoms with E-state index in [2.05, 4.69) is 35.2 Å². The molecule has 0 radical (unpaired) electrons. The Morgan fingerprint density at radius 2 is 1.95 bits per heavy atom. The van der Waals surface area contributed by atoms with E-state index in [1.807, 2.05) is 0 Å². The molecule has 2 aliphatic heterocycles. The Morgan fingerprint density at radius 1 is 1.20 bits per heavy atom. The molecule has 112 valence electrons. The number of rotatable bonds is 5. The van der Waals surface area contributed by atoms with Crippen molar-refractivity contribution in [1.29, 1.82) is 5.26 Å². The molecule has 0 aromatic heterocycles. The van der Waals surface area contributed by atoms with Gasteiger partial charge in [-0.15, -0.1) is 0 Å². The van der Waals surface area contributed by atoms with E-state index in [1.54, 1.807) is 0 Å². The fourth-order valence-corrected chi connectivity index (χ4v) is 4.26. The maximum Gasteiger partial charge on any atom is 0.122 e. The summed E-state index contributed by atoms with van der Waals surface area (Å²) in [5, 5.41) is 13.3. The Balaban J connectivity index is 1.68. The van der Waals surface area contributed by atoms with Gasteiger partial charge in [0.05, 0.1) is 6.07 Å². The second kappa shape index (κ2) is 5.63. The van der Waals surface area contributed by atoms with Crippen molar-refractivity contribution in [3.8, 4) is 6.07 Å². The molecule has 0 amide bonds. The zero-order valence-electron chi connectivity index (χ0n) is 12.9. The average Bonchev–Trinajstić information content (AvgIpc) is 3.22. The minimum Gasteiger partial charge on any atom is -0.299 e. The first-order valence-electron chi connectivity index (χ1n) is 8.29. The van der Waals surface area contributed by atoms with Crippen LogP contribution in [0.25, 0.3) is 0 Å². The van der Waals surface area contributed by atoms with Gasteiger partial charge in [-0.1, -0.05) is 6.92 Å². The van der Waals surface area contributed by atoms with E-state index in [1.165, 1.54) is 32.1 Å². The molecule has 2 saturated heterocycles. The summed E-state index contributed by atoms with van der Waals surface area (Å²) >= 11 is 0. The van der Waals surface area contributed by atoms with Crippen molar-refractivity contribution < 1.29 is 0 Å². The Morgan fingerprint density at radius 3 is 2.60 bits per heavy atom. The van der Waals surface area contributed by atoms with Crippen LogP contribution in [0.3, 0.4) is 0 Å². The third kappa shape index (κ3) is 2.59. The minimum absolute atomic E-state index is 0.295. The van der Waals surface area contributed by atoms with Crippen LogP contribution in [0, 0.1) is 17.2 Å². The average molecular weight is 276 g/mol. The third-order valence-corrected chi connectivity index (χ3v) is 5.67. The van der Waals surface area contributed by atoms with Gasteiger partial charge in [0.1, 0.15) is 5.54 Å². The van der Waals surface area contributed by atoms with Crippen LogP contribution in [0.15, 0.2) is 0 Å². The van der Waals surface area contributed by atoms with Crippen molar-refractivity contribution in [1.82, 2.24) is 15.1 Å². The summed E-state index contributed by atoms with van der Waals surface area (Å²) in [5.41, 5.74) is -0.295. The first kappa shape index (κ1) is 14.3. The van der Waals surface area contributed by atoms with Crippen LogP contribution < -0.4 is 5.32 Å². The molecule has 3 fully saturated rings. The van der Waals surface area contributed by atoms with Gasteiger partial charge in [0, 0.05) is 25.2 Å². The highest BCUT2D eigenvalue weighted by atomic mass is 15.3. The van der Waals surface area contributed by atoms with E-state index >= 15 is 0 Å². The number of hydrogen-bond acceptors (Lipinski definition) is 4. The maximum atomic E-state index is 9.75. The molecule has 4 heteroatoms. The van der Waals surface area contributed by atoms with Gasteiger partial charge in [-0.05, 0) is 58.2 Å². The highest BCUT2D eigenvalue weighted by molar-refractivity contribution is 5.17. The summed E-state index contributed by atoms with van der Waals surface area (Å²) < 4.78 is 0. The monoisotopic (exact) mass is 276 g/mol. The molecule has 0 aromatic carbocycles. The topological polar surface area (TPSA) is 42.3 Å². The lowest BCUT2D eigenvalue weighted by Crippen LogP contribution is -2.55. The van der Waals surface area contributed by atoms with Gasteiger partial charge >= 0.3 is 0 Å². The van der Waals surface area contributed by atoms with Crippen LogP contribution in [0.5, 0.6) is 0 Å². The summed E-state index contributed by atoms with van der Waals surface area (Å²) in [6, 6.07) is 4.12. The molecule has 2 heterocycles. The predicted octanol–water partition coefficient (Wildman–Crippen LogP) is 1.44. The number of nitriles is 1. The Hall–Kier alpha value is -0.630. The number of hydrogen-bond donors (Lipinski definition) is 1. The molecule has 3 unspecified atom stereocenters. The molecule has 3 atom stereocenters. The number of likely N-dealkylation sites (tertiary alicyclic amines) is 1. The fraction of sp³-hybridized carbons (Fsp3) is 0.938. The van der Waals surface area contributed by atoms with E-state index in [0.29, 0.717) is 12.0 Å². The van der Waals surface area contributed by atoms with Crippen molar-refractivity contribution in [2.24, 2.45) is 5.92 Å². The quantitative estimate of drug-likeness (QED) is 0.825. The molecule has 4 nitrogen and oxygen atoms in total. The van der Waals surface area contributed by atoms with Crippen LogP contribution in [0.1, 0.15) is 39.0 Å².